The minimum Gasteiger partial charge on any atom is -0.512 e. The van der Waals surface area contributed by atoms with E-state index in [2.05, 4.69) is 0 Å². The highest BCUT2D eigenvalue weighted by Gasteiger charge is 2.41. The Morgan fingerprint density at radius 1 is 1.19 bits per heavy atom. The first-order chi connectivity index (χ1) is 7.50. The van der Waals surface area contributed by atoms with Crippen molar-refractivity contribution in [1.29, 1.82) is 0 Å². The maximum Gasteiger partial charge on any atom is 0.311 e. The lowest BCUT2D eigenvalue weighted by Gasteiger charge is -2.21. The lowest BCUT2D eigenvalue weighted by molar-refractivity contribution is -0.145. The topological polar surface area (TPSA) is 91.7 Å². The van der Waals surface area contributed by atoms with Crippen LogP contribution in [-0.2, 0) is 14.4 Å². The zero-order valence-electron chi connectivity index (χ0n) is 8.60. The Kier molecular flexibility index (Phi) is 2.53. The van der Waals surface area contributed by atoms with Crippen LogP contribution in [0.1, 0.15) is 25.7 Å². The number of ketones is 2. The summed E-state index contributed by atoms with van der Waals surface area (Å²) in [7, 11) is 0. The molecule has 0 spiro atoms. The Balaban J connectivity index is 2.38. The highest BCUT2D eigenvalue weighted by Crippen LogP contribution is 2.40. The standard InChI is InChI=1S/C11H12O5/c12-6-3-7(11(15)16)9(8(13)4-6)10(14)5-1-2-5/h5,7,14H,1-4H2,(H,15,16)/b10-9+. The van der Waals surface area contributed by atoms with Crippen molar-refractivity contribution in [3.05, 3.63) is 11.3 Å². The molecule has 0 aliphatic heterocycles. The second kappa shape index (κ2) is 3.73. The van der Waals surface area contributed by atoms with Gasteiger partial charge in [-0.25, -0.2) is 0 Å². The predicted octanol–water partition coefficient (Wildman–Crippen LogP) is 0.841. The fraction of sp³-hybridized carbons (Fsp3) is 0.545. The van der Waals surface area contributed by atoms with Crippen LogP contribution in [0.25, 0.3) is 0 Å². The molecule has 0 saturated heterocycles. The van der Waals surface area contributed by atoms with Gasteiger partial charge in [0.25, 0.3) is 0 Å². The van der Waals surface area contributed by atoms with Crippen molar-refractivity contribution in [3.8, 4) is 0 Å². The molecule has 2 aliphatic rings. The van der Waals surface area contributed by atoms with Gasteiger partial charge in [-0.05, 0) is 12.8 Å². The number of carbonyl (C=O) groups excluding carboxylic acids is 2. The number of aliphatic hydroxyl groups is 1. The van der Waals surface area contributed by atoms with E-state index in [4.69, 9.17) is 5.11 Å². The van der Waals surface area contributed by atoms with Crippen LogP contribution in [0.3, 0.4) is 0 Å². The number of carboxylic acids is 1. The first-order valence-electron chi connectivity index (χ1n) is 5.21. The van der Waals surface area contributed by atoms with Crippen molar-refractivity contribution in [3.63, 3.8) is 0 Å². The van der Waals surface area contributed by atoms with Gasteiger partial charge in [-0.1, -0.05) is 0 Å². The number of aliphatic carboxylic acids is 1. The summed E-state index contributed by atoms with van der Waals surface area (Å²) in [6, 6.07) is 0. The summed E-state index contributed by atoms with van der Waals surface area (Å²) in [5.74, 6) is -3.46. The van der Waals surface area contributed by atoms with Crippen molar-refractivity contribution < 1.29 is 24.6 Å². The van der Waals surface area contributed by atoms with Crippen LogP contribution in [0, 0.1) is 11.8 Å². The highest BCUT2D eigenvalue weighted by atomic mass is 16.4. The summed E-state index contributed by atoms with van der Waals surface area (Å²) in [6.07, 6.45) is 1.09. The van der Waals surface area contributed by atoms with E-state index in [0.29, 0.717) is 0 Å². The molecule has 5 nitrogen and oxygen atoms in total. The number of aliphatic hydroxyl groups excluding tert-OH is 1. The number of hydrogen-bond donors (Lipinski definition) is 2. The van der Waals surface area contributed by atoms with E-state index in [1.807, 2.05) is 0 Å². The van der Waals surface area contributed by atoms with Crippen molar-refractivity contribution in [1.82, 2.24) is 0 Å². The van der Waals surface area contributed by atoms with E-state index < -0.39 is 17.7 Å². The van der Waals surface area contributed by atoms with E-state index in [-0.39, 0.29) is 35.9 Å². The summed E-state index contributed by atoms with van der Waals surface area (Å²) in [5, 5.41) is 18.7. The SMILES string of the molecule is O=C1CC(=O)/C(=C(/O)C2CC2)C(C(=O)O)C1. The monoisotopic (exact) mass is 224 g/mol. The molecule has 1 atom stereocenters. The van der Waals surface area contributed by atoms with Gasteiger partial charge in [0.15, 0.2) is 5.78 Å². The van der Waals surface area contributed by atoms with Gasteiger partial charge in [0.05, 0.1) is 12.3 Å². The van der Waals surface area contributed by atoms with Crippen LogP contribution in [-0.4, -0.2) is 27.7 Å². The summed E-state index contributed by atoms with van der Waals surface area (Å²) >= 11 is 0. The maximum absolute atomic E-state index is 11.6. The molecule has 2 N–H and O–H groups in total. The molecule has 2 saturated carbocycles. The Bertz CT molecular complexity index is 403. The van der Waals surface area contributed by atoms with Crippen molar-refractivity contribution in [2.75, 3.05) is 0 Å². The molecule has 0 radical (unpaired) electrons. The summed E-state index contributed by atoms with van der Waals surface area (Å²) in [4.78, 5) is 33.7. The van der Waals surface area contributed by atoms with Crippen molar-refractivity contribution >= 4 is 17.5 Å². The van der Waals surface area contributed by atoms with Gasteiger partial charge in [0.1, 0.15) is 11.5 Å². The number of carboxylic acid groups (broad SMARTS) is 1. The normalized spacial score (nSPS) is 29.1. The van der Waals surface area contributed by atoms with Gasteiger partial charge >= 0.3 is 5.97 Å². The Morgan fingerprint density at radius 3 is 2.31 bits per heavy atom. The van der Waals surface area contributed by atoms with E-state index in [0.717, 1.165) is 12.8 Å². The molecule has 0 aromatic rings. The van der Waals surface area contributed by atoms with E-state index in [9.17, 15) is 19.5 Å². The summed E-state index contributed by atoms with van der Waals surface area (Å²) in [5.41, 5.74) is -0.0467. The van der Waals surface area contributed by atoms with Gasteiger partial charge in [0.2, 0.25) is 0 Å². The molecule has 1 unspecified atom stereocenters. The van der Waals surface area contributed by atoms with Crippen LogP contribution >= 0.6 is 0 Å². The summed E-state index contributed by atoms with van der Waals surface area (Å²) in [6.45, 7) is 0. The van der Waals surface area contributed by atoms with E-state index in [1.165, 1.54) is 0 Å². The molecule has 0 heterocycles. The molecule has 2 fully saturated rings. The zero-order chi connectivity index (χ0) is 11.9. The largest absolute Gasteiger partial charge is 0.512 e. The van der Waals surface area contributed by atoms with Crippen LogP contribution in [0.5, 0.6) is 0 Å². The van der Waals surface area contributed by atoms with Crippen molar-refractivity contribution in [2.45, 2.75) is 25.7 Å². The molecule has 5 heteroatoms. The van der Waals surface area contributed by atoms with Crippen LogP contribution in [0.2, 0.25) is 0 Å². The first-order valence-corrected chi connectivity index (χ1v) is 5.21. The Morgan fingerprint density at radius 2 is 1.81 bits per heavy atom. The van der Waals surface area contributed by atoms with Crippen molar-refractivity contribution in [2.24, 2.45) is 11.8 Å². The first kappa shape index (κ1) is 10.9. The quantitative estimate of drug-likeness (QED) is 0.412. The fourth-order valence-electron chi connectivity index (χ4n) is 1.98. The van der Waals surface area contributed by atoms with Crippen LogP contribution in [0.4, 0.5) is 0 Å². The lowest BCUT2D eigenvalue weighted by atomic mass is 9.81. The molecule has 0 aromatic carbocycles. The average molecular weight is 224 g/mol. The molecule has 0 aromatic heterocycles. The maximum atomic E-state index is 11.6. The lowest BCUT2D eigenvalue weighted by Crippen LogP contribution is -2.32. The third-order valence-corrected chi connectivity index (χ3v) is 2.98. The molecule has 0 bridgehead atoms. The van der Waals surface area contributed by atoms with Crippen LogP contribution in [0.15, 0.2) is 11.3 Å². The van der Waals surface area contributed by atoms with Gasteiger partial charge in [-0.15, -0.1) is 0 Å². The smallest absolute Gasteiger partial charge is 0.311 e. The third-order valence-electron chi connectivity index (χ3n) is 2.98. The Hall–Kier alpha value is -1.65. The molecular formula is C11H12O5. The van der Waals surface area contributed by atoms with E-state index in [1.54, 1.807) is 0 Å². The molecule has 0 amide bonds. The highest BCUT2D eigenvalue weighted by molar-refractivity contribution is 6.14. The molecule has 2 aliphatic carbocycles. The zero-order valence-corrected chi connectivity index (χ0v) is 8.60. The Labute approximate surface area is 91.8 Å². The van der Waals surface area contributed by atoms with Gasteiger partial charge < -0.3 is 10.2 Å². The van der Waals surface area contributed by atoms with Crippen LogP contribution < -0.4 is 0 Å². The minimum atomic E-state index is -1.22. The second-order valence-electron chi connectivity index (χ2n) is 4.31. The fourth-order valence-corrected chi connectivity index (χ4v) is 1.98. The van der Waals surface area contributed by atoms with E-state index >= 15 is 0 Å². The number of carbonyl (C=O) groups is 3. The third kappa shape index (κ3) is 1.85. The van der Waals surface area contributed by atoms with Gasteiger partial charge in [-0.3, -0.25) is 14.4 Å². The summed E-state index contributed by atoms with van der Waals surface area (Å²) < 4.78 is 0. The molecule has 2 rings (SSSR count). The van der Waals surface area contributed by atoms with Gasteiger partial charge in [0, 0.05) is 17.9 Å². The molecule has 86 valence electrons. The molecular weight excluding hydrogens is 212 g/mol. The number of rotatable bonds is 2. The minimum absolute atomic E-state index is 0.0467. The number of Topliss-reactive ketones (excluding diaryl/α,β-unsaturated/α-hetero) is 2. The predicted molar refractivity (Wildman–Crippen MR) is 52.8 cm³/mol. The van der Waals surface area contributed by atoms with Gasteiger partial charge in [-0.2, -0.15) is 0 Å². The number of allylic oxidation sites excluding steroid dienone is 1. The molecule has 16 heavy (non-hydrogen) atoms. The average Bonchev–Trinajstić information content (AvgIpc) is 2.98. The second-order valence-corrected chi connectivity index (χ2v) is 4.31. The number of hydrogen-bond acceptors (Lipinski definition) is 4.